The van der Waals surface area contributed by atoms with E-state index in [9.17, 15) is 9.18 Å². The SMILES string of the molecule is CCOC(=O)c1ccc2c(c1)[C@H]1C=CC[C@H]1[C@@H](c1ccccc1F)N2. The zero-order chi connectivity index (χ0) is 17.4. The molecule has 25 heavy (non-hydrogen) atoms. The molecule has 0 saturated carbocycles. The van der Waals surface area contributed by atoms with Crippen molar-refractivity contribution in [3.8, 4) is 0 Å². The molecule has 4 rings (SSSR count). The molecule has 0 spiro atoms. The molecular formula is C21H20FNO2. The van der Waals surface area contributed by atoms with Gasteiger partial charge in [-0.15, -0.1) is 0 Å². The van der Waals surface area contributed by atoms with Gasteiger partial charge in [-0.3, -0.25) is 0 Å². The largest absolute Gasteiger partial charge is 0.462 e. The first-order valence-electron chi connectivity index (χ1n) is 8.67. The molecule has 0 amide bonds. The fourth-order valence-electron chi connectivity index (χ4n) is 3.97. The van der Waals surface area contributed by atoms with E-state index in [0.717, 1.165) is 17.7 Å². The first kappa shape index (κ1) is 15.9. The van der Waals surface area contributed by atoms with Gasteiger partial charge in [-0.25, -0.2) is 9.18 Å². The van der Waals surface area contributed by atoms with Crippen molar-refractivity contribution in [2.24, 2.45) is 5.92 Å². The smallest absolute Gasteiger partial charge is 0.338 e. The third-order valence-electron chi connectivity index (χ3n) is 5.11. The molecule has 0 saturated heterocycles. The van der Waals surface area contributed by atoms with Crippen LogP contribution in [0.5, 0.6) is 0 Å². The van der Waals surface area contributed by atoms with Crippen LogP contribution in [-0.2, 0) is 4.74 Å². The summed E-state index contributed by atoms with van der Waals surface area (Å²) < 4.78 is 19.4. The van der Waals surface area contributed by atoms with Gasteiger partial charge in [0.15, 0.2) is 0 Å². The standard InChI is InChI=1S/C21H20FNO2/c1-2-25-21(24)13-10-11-19-17(12-13)14-7-5-8-15(14)20(23-19)16-6-3-4-9-18(16)22/h3-7,9-12,14-15,20,23H,2,8H2,1H3/t14-,15+,20-/m0/s1. The lowest BCUT2D eigenvalue weighted by Crippen LogP contribution is -2.30. The molecular weight excluding hydrogens is 317 g/mol. The molecule has 128 valence electrons. The summed E-state index contributed by atoms with van der Waals surface area (Å²) in [6.45, 7) is 2.15. The van der Waals surface area contributed by atoms with E-state index in [-0.39, 0.29) is 29.7 Å². The van der Waals surface area contributed by atoms with E-state index in [1.807, 2.05) is 24.3 Å². The maximum Gasteiger partial charge on any atom is 0.338 e. The van der Waals surface area contributed by atoms with Crippen molar-refractivity contribution < 1.29 is 13.9 Å². The predicted octanol–water partition coefficient (Wildman–Crippen LogP) is 4.83. The van der Waals surface area contributed by atoms with E-state index in [1.165, 1.54) is 6.07 Å². The van der Waals surface area contributed by atoms with Crippen LogP contribution in [0, 0.1) is 11.7 Å². The highest BCUT2D eigenvalue weighted by Gasteiger charge is 2.39. The van der Waals surface area contributed by atoms with Gasteiger partial charge in [-0.2, -0.15) is 0 Å². The van der Waals surface area contributed by atoms with E-state index in [1.54, 1.807) is 19.1 Å². The molecule has 3 atom stereocenters. The first-order chi connectivity index (χ1) is 12.2. The maximum atomic E-state index is 14.3. The maximum absolute atomic E-state index is 14.3. The molecule has 2 aromatic carbocycles. The van der Waals surface area contributed by atoms with Crippen molar-refractivity contribution in [2.75, 3.05) is 11.9 Å². The Hall–Kier alpha value is -2.62. The number of hydrogen-bond acceptors (Lipinski definition) is 3. The topological polar surface area (TPSA) is 38.3 Å². The third-order valence-corrected chi connectivity index (χ3v) is 5.11. The van der Waals surface area contributed by atoms with Crippen molar-refractivity contribution in [1.29, 1.82) is 0 Å². The second-order valence-corrected chi connectivity index (χ2v) is 6.52. The molecule has 0 fully saturated rings. The molecule has 4 heteroatoms. The van der Waals surface area contributed by atoms with Gasteiger partial charge in [0.05, 0.1) is 18.2 Å². The highest BCUT2D eigenvalue weighted by Crippen LogP contribution is 2.50. The zero-order valence-corrected chi connectivity index (χ0v) is 14.0. The van der Waals surface area contributed by atoms with Crippen LogP contribution in [0.15, 0.2) is 54.6 Å². The van der Waals surface area contributed by atoms with Crippen molar-refractivity contribution in [2.45, 2.75) is 25.3 Å². The van der Waals surface area contributed by atoms with Gasteiger partial charge in [0.1, 0.15) is 5.82 Å². The normalized spacial score (nSPS) is 23.5. The summed E-state index contributed by atoms with van der Waals surface area (Å²) in [7, 11) is 0. The average Bonchev–Trinajstić information content (AvgIpc) is 3.11. The summed E-state index contributed by atoms with van der Waals surface area (Å²) in [5.74, 6) is -0.0747. The molecule has 1 aliphatic carbocycles. The number of ether oxygens (including phenoxy) is 1. The van der Waals surface area contributed by atoms with E-state index in [0.29, 0.717) is 17.7 Å². The number of allylic oxidation sites excluding steroid dienone is 2. The summed E-state index contributed by atoms with van der Waals surface area (Å²) >= 11 is 0. The number of fused-ring (bicyclic) bond motifs is 3. The summed E-state index contributed by atoms with van der Waals surface area (Å²) in [4.78, 5) is 12.0. The van der Waals surface area contributed by atoms with Gasteiger partial charge in [0.25, 0.3) is 0 Å². The van der Waals surface area contributed by atoms with Crippen molar-refractivity contribution in [1.82, 2.24) is 0 Å². The quantitative estimate of drug-likeness (QED) is 0.644. The summed E-state index contributed by atoms with van der Waals surface area (Å²) in [6, 6.07) is 12.4. The third kappa shape index (κ3) is 2.72. The Morgan fingerprint density at radius 2 is 2.08 bits per heavy atom. The minimum Gasteiger partial charge on any atom is -0.462 e. The zero-order valence-electron chi connectivity index (χ0n) is 14.0. The van der Waals surface area contributed by atoms with Crippen LogP contribution in [0.3, 0.4) is 0 Å². The number of esters is 1. The van der Waals surface area contributed by atoms with E-state index in [4.69, 9.17) is 4.74 Å². The Morgan fingerprint density at radius 3 is 2.88 bits per heavy atom. The molecule has 2 aliphatic rings. The molecule has 2 aromatic rings. The number of carbonyl (C=O) groups is 1. The lowest BCUT2D eigenvalue weighted by molar-refractivity contribution is 0.0526. The second-order valence-electron chi connectivity index (χ2n) is 6.52. The molecule has 0 unspecified atom stereocenters. The highest BCUT2D eigenvalue weighted by atomic mass is 19.1. The predicted molar refractivity (Wildman–Crippen MR) is 95.2 cm³/mol. The molecule has 1 N–H and O–H groups in total. The molecule has 1 aliphatic heterocycles. The van der Waals surface area contributed by atoms with Gasteiger partial charge in [0, 0.05) is 17.2 Å². The number of halogens is 1. The lowest BCUT2D eigenvalue weighted by atomic mass is 9.76. The molecule has 0 radical (unpaired) electrons. The van der Waals surface area contributed by atoms with Crippen LogP contribution in [0.25, 0.3) is 0 Å². The van der Waals surface area contributed by atoms with Gasteiger partial charge in [-0.1, -0.05) is 30.4 Å². The van der Waals surface area contributed by atoms with E-state index in [2.05, 4.69) is 17.5 Å². The minimum atomic E-state index is -0.306. The van der Waals surface area contributed by atoms with E-state index >= 15 is 0 Å². The fourth-order valence-corrected chi connectivity index (χ4v) is 3.97. The number of anilines is 1. The molecule has 0 aromatic heterocycles. The second kappa shape index (κ2) is 6.36. The Kier molecular flexibility index (Phi) is 4.04. The number of nitrogens with one attached hydrogen (secondary N) is 1. The van der Waals surface area contributed by atoms with Crippen LogP contribution in [0.1, 0.15) is 46.8 Å². The summed E-state index contributed by atoms with van der Waals surface area (Å²) in [6.07, 6.45) is 5.21. The van der Waals surface area contributed by atoms with Crippen molar-refractivity contribution in [3.63, 3.8) is 0 Å². The number of benzene rings is 2. The monoisotopic (exact) mass is 337 g/mol. The van der Waals surface area contributed by atoms with Gasteiger partial charge < -0.3 is 10.1 Å². The van der Waals surface area contributed by atoms with Crippen LogP contribution in [0.2, 0.25) is 0 Å². The molecule has 3 nitrogen and oxygen atoms in total. The van der Waals surface area contributed by atoms with E-state index < -0.39 is 0 Å². The Bertz CT molecular complexity index is 846. The first-order valence-corrected chi connectivity index (χ1v) is 8.67. The summed E-state index contributed by atoms with van der Waals surface area (Å²) in [5.41, 5.74) is 3.29. The van der Waals surface area contributed by atoms with Crippen LogP contribution in [0.4, 0.5) is 10.1 Å². The van der Waals surface area contributed by atoms with Gasteiger partial charge >= 0.3 is 5.97 Å². The van der Waals surface area contributed by atoms with Crippen molar-refractivity contribution >= 4 is 11.7 Å². The van der Waals surface area contributed by atoms with Gasteiger partial charge in [0.2, 0.25) is 0 Å². The average molecular weight is 337 g/mol. The number of hydrogen-bond donors (Lipinski definition) is 1. The summed E-state index contributed by atoms with van der Waals surface area (Å²) in [5, 5.41) is 3.49. The Morgan fingerprint density at radius 1 is 1.24 bits per heavy atom. The number of carbonyl (C=O) groups excluding carboxylic acids is 1. The highest BCUT2D eigenvalue weighted by molar-refractivity contribution is 5.90. The molecule has 1 heterocycles. The Labute approximate surface area is 146 Å². The fraction of sp³-hybridized carbons (Fsp3) is 0.286. The Balaban J connectivity index is 1.74. The minimum absolute atomic E-state index is 0.0813. The van der Waals surface area contributed by atoms with Crippen molar-refractivity contribution in [3.05, 3.63) is 77.1 Å². The number of rotatable bonds is 3. The lowest BCUT2D eigenvalue weighted by Gasteiger charge is -2.37. The van der Waals surface area contributed by atoms with Crippen LogP contribution in [-0.4, -0.2) is 12.6 Å². The van der Waals surface area contributed by atoms with Crippen LogP contribution < -0.4 is 5.32 Å². The van der Waals surface area contributed by atoms with Crippen LogP contribution >= 0.6 is 0 Å². The molecule has 0 bridgehead atoms. The van der Waals surface area contributed by atoms with Gasteiger partial charge in [-0.05, 0) is 49.1 Å².